The predicted octanol–water partition coefficient (Wildman–Crippen LogP) is 3.51. The Morgan fingerprint density at radius 1 is 0.964 bits per heavy atom. The highest BCUT2D eigenvalue weighted by molar-refractivity contribution is 7.00. The average molecular weight is 394 g/mol. The summed E-state index contributed by atoms with van der Waals surface area (Å²) < 4.78 is 6.69. The van der Waals surface area contributed by atoms with Gasteiger partial charge >= 0.3 is 14.0 Å². The van der Waals surface area contributed by atoms with Gasteiger partial charge in [0.2, 0.25) is 5.82 Å². The first kappa shape index (κ1) is 19.6. The van der Waals surface area contributed by atoms with E-state index < -0.39 is 13.2 Å². The standard InChI is InChI=1S/C21H23N3O3Si/c1-21(2,3)28(16-10-6-4-7-11-16,17-12-8-5-9-13-17)27-18-14-15-23-20(22)19(18)24(25)26/h4-15H,1-3H3,(H2,22,23). The van der Waals surface area contributed by atoms with Crippen molar-refractivity contribution < 1.29 is 9.35 Å². The van der Waals surface area contributed by atoms with Crippen molar-refractivity contribution in [3.05, 3.63) is 83.0 Å². The van der Waals surface area contributed by atoms with Gasteiger partial charge in [-0.1, -0.05) is 81.4 Å². The number of hydrogen-bond acceptors (Lipinski definition) is 5. The summed E-state index contributed by atoms with van der Waals surface area (Å²) in [7, 11) is -2.98. The molecule has 0 aliphatic heterocycles. The van der Waals surface area contributed by atoms with E-state index in [1.165, 1.54) is 12.3 Å². The zero-order valence-electron chi connectivity index (χ0n) is 16.1. The first-order valence-corrected chi connectivity index (χ1v) is 10.9. The second-order valence-corrected chi connectivity index (χ2v) is 11.8. The van der Waals surface area contributed by atoms with Crippen LogP contribution in [0.4, 0.5) is 11.5 Å². The number of nitrogen functional groups attached to an aromatic ring is 1. The molecule has 2 aromatic carbocycles. The molecule has 3 aromatic rings. The highest BCUT2D eigenvalue weighted by Gasteiger charge is 2.53. The Morgan fingerprint density at radius 3 is 1.89 bits per heavy atom. The van der Waals surface area contributed by atoms with Crippen molar-refractivity contribution >= 4 is 30.2 Å². The predicted molar refractivity (Wildman–Crippen MR) is 114 cm³/mol. The van der Waals surface area contributed by atoms with Crippen LogP contribution in [0.25, 0.3) is 0 Å². The van der Waals surface area contributed by atoms with Crippen LogP contribution in [0.15, 0.2) is 72.9 Å². The van der Waals surface area contributed by atoms with Crippen molar-refractivity contribution in [3.8, 4) is 5.75 Å². The van der Waals surface area contributed by atoms with Crippen molar-refractivity contribution in [3.63, 3.8) is 0 Å². The van der Waals surface area contributed by atoms with E-state index in [1.807, 2.05) is 60.7 Å². The Balaban J connectivity index is 2.33. The van der Waals surface area contributed by atoms with Crippen LogP contribution < -0.4 is 20.5 Å². The molecule has 0 spiro atoms. The Labute approximate surface area is 165 Å². The minimum atomic E-state index is -2.98. The molecule has 0 fully saturated rings. The second kappa shape index (κ2) is 7.44. The number of pyridine rings is 1. The second-order valence-electron chi connectivity index (χ2n) is 7.57. The van der Waals surface area contributed by atoms with Crippen LogP contribution in [0.3, 0.4) is 0 Å². The van der Waals surface area contributed by atoms with Crippen molar-refractivity contribution in [1.82, 2.24) is 4.98 Å². The molecule has 0 unspecified atom stereocenters. The quantitative estimate of drug-likeness (QED) is 0.407. The SMILES string of the molecule is CC(C)(C)[Si](Oc1ccnc(N)c1[N+](=O)[O-])(c1ccccc1)c1ccccc1. The lowest BCUT2D eigenvalue weighted by molar-refractivity contribution is -0.384. The lowest BCUT2D eigenvalue weighted by Crippen LogP contribution is -2.68. The van der Waals surface area contributed by atoms with Crippen LogP contribution in [-0.2, 0) is 0 Å². The number of nitrogens with zero attached hydrogens (tertiary/aromatic N) is 2. The van der Waals surface area contributed by atoms with Crippen LogP contribution in [0.2, 0.25) is 5.04 Å². The molecule has 1 aromatic heterocycles. The van der Waals surface area contributed by atoms with Gasteiger partial charge in [0.25, 0.3) is 0 Å². The molecule has 28 heavy (non-hydrogen) atoms. The smallest absolute Gasteiger partial charge is 0.351 e. The fraction of sp³-hybridized carbons (Fsp3) is 0.190. The normalized spacial score (nSPS) is 11.8. The first-order valence-electron chi connectivity index (χ1n) is 8.96. The molecule has 0 atom stereocenters. The number of anilines is 1. The lowest BCUT2D eigenvalue weighted by atomic mass is 10.2. The Morgan fingerprint density at radius 2 is 1.46 bits per heavy atom. The number of hydrogen-bond donors (Lipinski definition) is 1. The molecule has 144 valence electrons. The minimum Gasteiger partial charge on any atom is -0.529 e. The molecular weight excluding hydrogens is 370 g/mol. The van der Waals surface area contributed by atoms with Crippen LogP contribution in [-0.4, -0.2) is 18.2 Å². The van der Waals surface area contributed by atoms with E-state index in [-0.39, 0.29) is 22.3 Å². The number of rotatable bonds is 5. The molecule has 7 heteroatoms. The maximum absolute atomic E-state index is 11.7. The number of nitro groups is 1. The van der Waals surface area contributed by atoms with Gasteiger partial charge in [0.1, 0.15) is 0 Å². The zero-order valence-corrected chi connectivity index (χ0v) is 17.1. The van der Waals surface area contributed by atoms with Crippen LogP contribution in [0.1, 0.15) is 20.8 Å². The molecule has 0 saturated heterocycles. The fourth-order valence-corrected chi connectivity index (χ4v) is 7.96. The topological polar surface area (TPSA) is 91.3 Å². The monoisotopic (exact) mass is 393 g/mol. The molecular formula is C21H23N3O3Si. The van der Waals surface area contributed by atoms with Gasteiger partial charge in [0, 0.05) is 12.3 Å². The Kier molecular flexibility index (Phi) is 5.20. The molecule has 0 aliphatic carbocycles. The molecule has 0 aliphatic rings. The van der Waals surface area contributed by atoms with Crippen molar-refractivity contribution in [2.24, 2.45) is 0 Å². The van der Waals surface area contributed by atoms with Gasteiger partial charge in [-0.05, 0) is 15.4 Å². The van der Waals surface area contributed by atoms with Crippen LogP contribution in [0.5, 0.6) is 5.75 Å². The summed E-state index contributed by atoms with van der Waals surface area (Å²) in [5.74, 6) is -0.00719. The van der Waals surface area contributed by atoms with Gasteiger partial charge in [-0.3, -0.25) is 10.1 Å². The molecule has 3 rings (SSSR count). The maximum atomic E-state index is 11.7. The van der Waals surface area contributed by atoms with E-state index >= 15 is 0 Å². The van der Waals surface area contributed by atoms with Crippen molar-refractivity contribution in [1.29, 1.82) is 0 Å². The highest BCUT2D eigenvalue weighted by Crippen LogP contribution is 2.40. The van der Waals surface area contributed by atoms with Crippen LogP contribution in [0, 0.1) is 10.1 Å². The lowest BCUT2D eigenvalue weighted by Gasteiger charge is -2.42. The minimum absolute atomic E-state index is 0.145. The summed E-state index contributed by atoms with van der Waals surface area (Å²) in [4.78, 5) is 15.0. The molecule has 6 nitrogen and oxygen atoms in total. The number of nitrogens with two attached hydrogens (primary N) is 1. The summed E-state index contributed by atoms with van der Waals surface area (Å²) in [5.41, 5.74) is 5.51. The van der Waals surface area contributed by atoms with Crippen molar-refractivity contribution in [2.45, 2.75) is 25.8 Å². The molecule has 0 amide bonds. The molecule has 0 radical (unpaired) electrons. The average Bonchev–Trinajstić information content (AvgIpc) is 2.66. The third kappa shape index (κ3) is 3.36. The van der Waals surface area contributed by atoms with Crippen LogP contribution >= 0.6 is 0 Å². The highest BCUT2D eigenvalue weighted by atomic mass is 28.4. The Hall–Kier alpha value is -3.19. The van der Waals surface area contributed by atoms with E-state index in [4.69, 9.17) is 10.2 Å². The van der Waals surface area contributed by atoms with Gasteiger partial charge in [-0.2, -0.15) is 0 Å². The largest absolute Gasteiger partial charge is 0.529 e. The van der Waals surface area contributed by atoms with E-state index in [2.05, 4.69) is 25.8 Å². The zero-order chi connectivity index (χ0) is 20.4. The van der Waals surface area contributed by atoms with Gasteiger partial charge in [0.15, 0.2) is 5.75 Å². The van der Waals surface area contributed by atoms with Crippen molar-refractivity contribution in [2.75, 3.05) is 5.73 Å². The van der Waals surface area contributed by atoms with Gasteiger partial charge in [-0.15, -0.1) is 0 Å². The number of benzene rings is 2. The Bertz CT molecular complexity index is 934. The van der Waals surface area contributed by atoms with Gasteiger partial charge in [0.05, 0.1) is 4.92 Å². The van der Waals surface area contributed by atoms with E-state index in [9.17, 15) is 10.1 Å². The fourth-order valence-electron chi connectivity index (χ4n) is 3.53. The molecule has 0 bridgehead atoms. The summed E-state index contributed by atoms with van der Waals surface area (Å²) >= 11 is 0. The van der Waals surface area contributed by atoms with Gasteiger partial charge in [-0.25, -0.2) is 4.98 Å². The summed E-state index contributed by atoms with van der Waals surface area (Å²) in [6.07, 6.45) is 1.44. The molecule has 1 heterocycles. The summed E-state index contributed by atoms with van der Waals surface area (Å²) in [6, 6.07) is 21.4. The summed E-state index contributed by atoms with van der Waals surface area (Å²) in [6.45, 7) is 6.32. The third-order valence-electron chi connectivity index (χ3n) is 4.78. The number of aromatic nitrogens is 1. The maximum Gasteiger partial charge on any atom is 0.351 e. The third-order valence-corrected chi connectivity index (χ3v) is 9.71. The van der Waals surface area contributed by atoms with E-state index in [1.54, 1.807) is 0 Å². The molecule has 2 N–H and O–H groups in total. The van der Waals surface area contributed by atoms with Gasteiger partial charge < -0.3 is 10.2 Å². The van der Waals surface area contributed by atoms with E-state index in [0.29, 0.717) is 0 Å². The first-order chi connectivity index (χ1) is 13.3. The van der Waals surface area contributed by atoms with E-state index in [0.717, 1.165) is 10.4 Å². The molecule has 0 saturated carbocycles. The summed E-state index contributed by atoms with van der Waals surface area (Å²) in [5, 5.41) is 13.4.